The van der Waals surface area contributed by atoms with E-state index in [-0.39, 0.29) is 12.0 Å². The molecule has 19 heavy (non-hydrogen) atoms. The van der Waals surface area contributed by atoms with Crippen molar-refractivity contribution in [3.05, 3.63) is 33.8 Å². The van der Waals surface area contributed by atoms with Crippen LogP contribution in [0.4, 0.5) is 0 Å². The largest absolute Gasteiger partial charge is 0.393 e. The Morgan fingerprint density at radius 2 is 2.05 bits per heavy atom. The maximum absolute atomic E-state index is 12.0. The summed E-state index contributed by atoms with van der Waals surface area (Å²) in [6.45, 7) is 2.68. The number of hydrogen-bond donors (Lipinski definition) is 2. The summed E-state index contributed by atoms with van der Waals surface area (Å²) in [6, 6.07) is 5.63. The van der Waals surface area contributed by atoms with Crippen molar-refractivity contribution in [1.29, 1.82) is 0 Å². The molecule has 1 aliphatic rings. The molecule has 2 N–H and O–H groups in total. The highest BCUT2D eigenvalue weighted by Crippen LogP contribution is 2.23. The molecule has 0 atom stereocenters. The molecule has 0 bridgehead atoms. The van der Waals surface area contributed by atoms with Crippen LogP contribution >= 0.6 is 15.9 Å². The van der Waals surface area contributed by atoms with Crippen LogP contribution in [0, 0.1) is 12.8 Å². The Hall–Kier alpha value is -0.870. The van der Waals surface area contributed by atoms with Gasteiger partial charge in [-0.25, -0.2) is 0 Å². The van der Waals surface area contributed by atoms with E-state index in [2.05, 4.69) is 21.2 Å². The van der Waals surface area contributed by atoms with Crippen LogP contribution in [0.1, 0.15) is 41.6 Å². The molecule has 104 valence electrons. The van der Waals surface area contributed by atoms with Gasteiger partial charge in [0.05, 0.1) is 6.10 Å². The van der Waals surface area contributed by atoms with Crippen LogP contribution in [-0.4, -0.2) is 23.7 Å². The van der Waals surface area contributed by atoms with Crippen LogP contribution in [0.15, 0.2) is 22.7 Å². The second-order valence-electron chi connectivity index (χ2n) is 5.35. The minimum absolute atomic E-state index is 0.0123. The number of hydrogen-bond acceptors (Lipinski definition) is 2. The summed E-state index contributed by atoms with van der Waals surface area (Å²) in [6.07, 6.45) is 3.58. The Morgan fingerprint density at radius 3 is 2.68 bits per heavy atom. The van der Waals surface area contributed by atoms with E-state index in [9.17, 15) is 9.90 Å². The summed E-state index contributed by atoms with van der Waals surface area (Å²) in [5.41, 5.74) is 1.77. The van der Waals surface area contributed by atoms with Gasteiger partial charge in [-0.15, -0.1) is 0 Å². The number of nitrogens with one attached hydrogen (secondary N) is 1. The van der Waals surface area contributed by atoms with Crippen molar-refractivity contribution in [1.82, 2.24) is 5.32 Å². The van der Waals surface area contributed by atoms with Gasteiger partial charge in [0.15, 0.2) is 0 Å². The maximum atomic E-state index is 12.0. The van der Waals surface area contributed by atoms with Gasteiger partial charge in [-0.05, 0) is 62.3 Å². The number of carbonyl (C=O) groups excluding carboxylic acids is 1. The molecule has 0 aliphatic heterocycles. The third-order valence-electron chi connectivity index (χ3n) is 3.79. The number of aryl methyl sites for hydroxylation is 1. The predicted molar refractivity (Wildman–Crippen MR) is 79.2 cm³/mol. The quantitative estimate of drug-likeness (QED) is 0.897. The molecule has 4 heteroatoms. The number of aliphatic hydroxyl groups excluding tert-OH is 1. The number of amides is 1. The normalized spacial score (nSPS) is 23.1. The van der Waals surface area contributed by atoms with Crippen molar-refractivity contribution in [2.24, 2.45) is 5.92 Å². The minimum atomic E-state index is -0.138. The zero-order valence-electron chi connectivity index (χ0n) is 11.2. The minimum Gasteiger partial charge on any atom is -0.393 e. The fourth-order valence-corrected chi connectivity index (χ4v) is 2.72. The number of rotatable bonds is 3. The van der Waals surface area contributed by atoms with Gasteiger partial charge in [0, 0.05) is 16.6 Å². The highest BCUT2D eigenvalue weighted by molar-refractivity contribution is 9.10. The van der Waals surface area contributed by atoms with E-state index >= 15 is 0 Å². The molecule has 1 aromatic carbocycles. The molecule has 1 saturated carbocycles. The lowest BCUT2D eigenvalue weighted by atomic mass is 9.87. The highest BCUT2D eigenvalue weighted by Gasteiger charge is 2.19. The lowest BCUT2D eigenvalue weighted by molar-refractivity contribution is 0.0910. The van der Waals surface area contributed by atoms with Gasteiger partial charge in [-0.3, -0.25) is 4.79 Å². The first-order chi connectivity index (χ1) is 9.06. The third kappa shape index (κ3) is 4.05. The predicted octanol–water partition coefficient (Wildman–Crippen LogP) is 3.04. The van der Waals surface area contributed by atoms with Gasteiger partial charge in [-0.1, -0.05) is 15.9 Å². The summed E-state index contributed by atoms with van der Waals surface area (Å²) in [7, 11) is 0. The van der Waals surface area contributed by atoms with E-state index in [1.807, 2.05) is 25.1 Å². The number of halogens is 1. The second kappa shape index (κ2) is 6.53. The Kier molecular flexibility index (Phi) is 4.99. The zero-order chi connectivity index (χ0) is 13.8. The van der Waals surface area contributed by atoms with E-state index in [4.69, 9.17) is 0 Å². The molecule has 0 aromatic heterocycles. The van der Waals surface area contributed by atoms with Crippen molar-refractivity contribution < 1.29 is 9.90 Å². The number of benzene rings is 1. The second-order valence-corrected chi connectivity index (χ2v) is 6.20. The van der Waals surface area contributed by atoms with Crippen LogP contribution < -0.4 is 5.32 Å². The third-order valence-corrected chi connectivity index (χ3v) is 4.68. The van der Waals surface area contributed by atoms with Crippen LogP contribution in [0.5, 0.6) is 0 Å². The molecule has 0 unspecified atom stereocenters. The first-order valence-electron chi connectivity index (χ1n) is 6.78. The summed E-state index contributed by atoms with van der Waals surface area (Å²) in [4.78, 5) is 12.0. The molecule has 0 saturated heterocycles. The van der Waals surface area contributed by atoms with Crippen molar-refractivity contribution in [3.8, 4) is 0 Å². The van der Waals surface area contributed by atoms with Crippen LogP contribution in [0.25, 0.3) is 0 Å². The Balaban J connectivity index is 1.85. The first kappa shape index (κ1) is 14.5. The lowest BCUT2D eigenvalue weighted by Gasteiger charge is -2.25. The molecular weight excluding hydrogens is 306 g/mol. The van der Waals surface area contributed by atoms with E-state index in [0.717, 1.165) is 35.7 Å². The molecule has 1 aromatic rings. The van der Waals surface area contributed by atoms with Crippen molar-refractivity contribution in [2.75, 3.05) is 6.54 Å². The SMILES string of the molecule is Cc1cc(C(=O)NCC2CCC(O)CC2)ccc1Br. The van der Waals surface area contributed by atoms with Crippen LogP contribution in [0.3, 0.4) is 0 Å². The molecule has 1 fully saturated rings. The van der Waals surface area contributed by atoms with E-state index in [1.54, 1.807) is 0 Å². The molecular formula is C15H20BrNO2. The summed E-state index contributed by atoms with van der Waals surface area (Å²) >= 11 is 3.43. The van der Waals surface area contributed by atoms with Crippen LogP contribution in [0.2, 0.25) is 0 Å². The first-order valence-corrected chi connectivity index (χ1v) is 7.58. The smallest absolute Gasteiger partial charge is 0.251 e. The van der Waals surface area contributed by atoms with E-state index in [0.29, 0.717) is 18.0 Å². The molecule has 0 radical (unpaired) electrons. The van der Waals surface area contributed by atoms with Gasteiger partial charge in [0.1, 0.15) is 0 Å². The molecule has 0 heterocycles. The Labute approximate surface area is 122 Å². The van der Waals surface area contributed by atoms with Gasteiger partial charge in [0.25, 0.3) is 5.91 Å². The molecule has 1 aliphatic carbocycles. The van der Waals surface area contributed by atoms with Crippen molar-refractivity contribution in [3.63, 3.8) is 0 Å². The average molecular weight is 326 g/mol. The maximum Gasteiger partial charge on any atom is 0.251 e. The standard InChI is InChI=1S/C15H20BrNO2/c1-10-8-12(4-7-14(10)16)15(19)17-9-11-2-5-13(18)6-3-11/h4,7-8,11,13,18H,2-3,5-6,9H2,1H3,(H,17,19). The summed E-state index contributed by atoms with van der Waals surface area (Å²) in [5.74, 6) is 0.491. The van der Waals surface area contributed by atoms with Crippen molar-refractivity contribution >= 4 is 21.8 Å². The van der Waals surface area contributed by atoms with E-state index in [1.165, 1.54) is 0 Å². The Morgan fingerprint density at radius 1 is 1.37 bits per heavy atom. The molecule has 3 nitrogen and oxygen atoms in total. The zero-order valence-corrected chi connectivity index (χ0v) is 12.7. The average Bonchev–Trinajstić information content (AvgIpc) is 2.41. The monoisotopic (exact) mass is 325 g/mol. The fraction of sp³-hybridized carbons (Fsp3) is 0.533. The summed E-state index contributed by atoms with van der Waals surface area (Å²) in [5, 5.41) is 12.4. The molecule has 0 spiro atoms. The van der Waals surface area contributed by atoms with Gasteiger partial charge in [-0.2, -0.15) is 0 Å². The van der Waals surface area contributed by atoms with Gasteiger partial charge in [0.2, 0.25) is 0 Å². The number of aliphatic hydroxyl groups is 1. The van der Waals surface area contributed by atoms with E-state index < -0.39 is 0 Å². The topological polar surface area (TPSA) is 49.3 Å². The van der Waals surface area contributed by atoms with Gasteiger partial charge >= 0.3 is 0 Å². The fourth-order valence-electron chi connectivity index (χ4n) is 2.47. The van der Waals surface area contributed by atoms with Crippen LogP contribution in [-0.2, 0) is 0 Å². The van der Waals surface area contributed by atoms with Crippen molar-refractivity contribution in [2.45, 2.75) is 38.7 Å². The number of carbonyl (C=O) groups is 1. The molecule has 2 rings (SSSR count). The van der Waals surface area contributed by atoms with Gasteiger partial charge < -0.3 is 10.4 Å². The highest BCUT2D eigenvalue weighted by atomic mass is 79.9. The molecule has 1 amide bonds. The summed E-state index contributed by atoms with van der Waals surface area (Å²) < 4.78 is 1.02. The lowest BCUT2D eigenvalue weighted by Crippen LogP contribution is -2.32. The Bertz CT molecular complexity index is 453.